The molecule has 136 valence electrons. The highest BCUT2D eigenvalue weighted by Crippen LogP contribution is 2.25. The van der Waals surface area contributed by atoms with Crippen molar-refractivity contribution in [2.75, 3.05) is 33.4 Å². The van der Waals surface area contributed by atoms with Gasteiger partial charge in [0.2, 0.25) is 0 Å². The fourth-order valence-corrected chi connectivity index (χ4v) is 4.18. The third-order valence-corrected chi connectivity index (χ3v) is 5.43. The number of urea groups is 1. The average Bonchev–Trinajstić information content (AvgIpc) is 3.15. The van der Waals surface area contributed by atoms with Gasteiger partial charge in [-0.2, -0.15) is 5.26 Å². The van der Waals surface area contributed by atoms with Crippen LogP contribution in [0.15, 0.2) is 30.6 Å². The Morgan fingerprint density at radius 1 is 1.42 bits per heavy atom. The van der Waals surface area contributed by atoms with Crippen LogP contribution in [0, 0.1) is 11.3 Å². The first-order valence-corrected chi connectivity index (χ1v) is 8.98. The molecule has 0 radical (unpaired) electrons. The number of rotatable bonds is 5. The number of hydrogen-bond donors (Lipinski definition) is 1. The van der Waals surface area contributed by atoms with Gasteiger partial charge in [0.05, 0.1) is 29.8 Å². The van der Waals surface area contributed by atoms with E-state index in [-0.39, 0.29) is 18.1 Å². The zero-order valence-electron chi connectivity index (χ0n) is 14.9. The summed E-state index contributed by atoms with van der Waals surface area (Å²) < 4.78 is 7.13. The molecular formula is C19H23N5O2. The fraction of sp³-hybridized carbons (Fsp3) is 0.474. The second-order valence-corrected chi connectivity index (χ2v) is 6.97. The number of methoxy groups -OCH3 is 1. The van der Waals surface area contributed by atoms with Crippen LogP contribution in [0.2, 0.25) is 0 Å². The molecule has 7 heteroatoms. The molecular weight excluding hydrogens is 330 g/mol. The smallest absolute Gasteiger partial charge is 0.318 e. The molecule has 0 saturated carbocycles. The van der Waals surface area contributed by atoms with Gasteiger partial charge in [0.1, 0.15) is 6.07 Å². The standard InChI is InChI=1S/C19H23N5O2/c1-26-9-8-24-18-5-7-22(13-16(18)21-19(24)25)11-14-12-23-6-3-2-4-17(23)15(14)10-20/h2-4,6,12,16,18H,5,7-9,11,13H2,1H3,(H,21,25)/t16-,18+/m1/s1. The number of nitrogens with zero attached hydrogens (tertiary/aromatic N) is 4. The molecule has 2 aromatic rings. The van der Waals surface area contributed by atoms with Crippen LogP contribution in [0.4, 0.5) is 4.79 Å². The summed E-state index contributed by atoms with van der Waals surface area (Å²) in [5, 5.41) is 12.7. The summed E-state index contributed by atoms with van der Waals surface area (Å²) in [6.07, 6.45) is 4.94. The van der Waals surface area contributed by atoms with Gasteiger partial charge in [0.15, 0.2) is 0 Å². The van der Waals surface area contributed by atoms with Crippen molar-refractivity contribution in [1.29, 1.82) is 5.26 Å². The number of nitrogens with one attached hydrogen (secondary N) is 1. The Bertz CT molecular complexity index is 855. The number of amides is 2. The first-order valence-electron chi connectivity index (χ1n) is 8.98. The van der Waals surface area contributed by atoms with E-state index in [1.165, 1.54) is 0 Å². The normalized spacial score (nSPS) is 23.1. The number of fused-ring (bicyclic) bond motifs is 2. The molecule has 1 N–H and O–H groups in total. The van der Waals surface area contributed by atoms with E-state index in [0.29, 0.717) is 13.2 Å². The summed E-state index contributed by atoms with van der Waals surface area (Å²) in [5.41, 5.74) is 2.72. The summed E-state index contributed by atoms with van der Waals surface area (Å²) >= 11 is 0. The van der Waals surface area contributed by atoms with E-state index in [2.05, 4.69) is 16.3 Å². The van der Waals surface area contributed by atoms with Crippen molar-refractivity contribution in [3.05, 3.63) is 41.7 Å². The van der Waals surface area contributed by atoms with E-state index in [9.17, 15) is 10.1 Å². The van der Waals surface area contributed by atoms with Crippen LogP contribution in [-0.2, 0) is 11.3 Å². The number of likely N-dealkylation sites (tertiary alicyclic amines) is 1. The quantitative estimate of drug-likeness (QED) is 0.882. The highest BCUT2D eigenvalue weighted by atomic mass is 16.5. The molecule has 2 fully saturated rings. The summed E-state index contributed by atoms with van der Waals surface area (Å²) in [7, 11) is 1.66. The highest BCUT2D eigenvalue weighted by molar-refractivity contribution is 5.77. The summed E-state index contributed by atoms with van der Waals surface area (Å²) in [6, 6.07) is 8.62. The zero-order valence-corrected chi connectivity index (χ0v) is 14.9. The molecule has 2 amide bonds. The number of pyridine rings is 1. The lowest BCUT2D eigenvalue weighted by Gasteiger charge is -2.36. The third-order valence-electron chi connectivity index (χ3n) is 5.43. The lowest BCUT2D eigenvalue weighted by molar-refractivity contribution is 0.111. The fourth-order valence-electron chi connectivity index (χ4n) is 4.18. The maximum absolute atomic E-state index is 12.2. The molecule has 4 heterocycles. The first-order chi connectivity index (χ1) is 12.7. The van der Waals surface area contributed by atoms with E-state index in [0.717, 1.165) is 42.7 Å². The molecule has 7 nitrogen and oxygen atoms in total. The van der Waals surface area contributed by atoms with Gasteiger partial charge in [0.25, 0.3) is 0 Å². The molecule has 0 unspecified atom stereocenters. The van der Waals surface area contributed by atoms with Crippen LogP contribution >= 0.6 is 0 Å². The van der Waals surface area contributed by atoms with Crippen molar-refractivity contribution in [3.63, 3.8) is 0 Å². The molecule has 2 aliphatic heterocycles. The molecule has 0 aromatic carbocycles. The lowest BCUT2D eigenvalue weighted by Crippen LogP contribution is -2.51. The minimum absolute atomic E-state index is 0.00576. The van der Waals surface area contributed by atoms with Gasteiger partial charge in [-0.05, 0) is 18.6 Å². The van der Waals surface area contributed by atoms with E-state index < -0.39 is 0 Å². The lowest BCUT2D eigenvalue weighted by atomic mass is 9.99. The van der Waals surface area contributed by atoms with E-state index >= 15 is 0 Å². The Labute approximate surface area is 152 Å². The van der Waals surface area contributed by atoms with Crippen molar-refractivity contribution < 1.29 is 9.53 Å². The Hall–Kier alpha value is -2.56. The molecule has 0 bridgehead atoms. The maximum atomic E-state index is 12.2. The molecule has 2 aliphatic rings. The van der Waals surface area contributed by atoms with Crippen LogP contribution in [-0.4, -0.2) is 65.7 Å². The van der Waals surface area contributed by atoms with E-state index in [1.807, 2.05) is 39.9 Å². The zero-order chi connectivity index (χ0) is 18.1. The molecule has 0 spiro atoms. The predicted octanol–water partition coefficient (Wildman–Crippen LogP) is 1.43. The van der Waals surface area contributed by atoms with Crippen molar-refractivity contribution in [3.8, 4) is 6.07 Å². The minimum atomic E-state index is 0.00576. The summed E-state index contributed by atoms with van der Waals surface area (Å²) in [5.74, 6) is 0. The van der Waals surface area contributed by atoms with Crippen molar-refractivity contribution in [2.45, 2.75) is 25.0 Å². The van der Waals surface area contributed by atoms with Gasteiger partial charge in [-0.3, -0.25) is 4.90 Å². The molecule has 0 aliphatic carbocycles. The Kier molecular flexibility index (Phi) is 4.53. The van der Waals surface area contributed by atoms with Gasteiger partial charge in [-0.1, -0.05) is 6.07 Å². The number of carbonyl (C=O) groups is 1. The topological polar surface area (TPSA) is 73.0 Å². The molecule has 2 atom stereocenters. The number of piperidine rings is 1. The number of aromatic nitrogens is 1. The van der Waals surface area contributed by atoms with Crippen LogP contribution in [0.1, 0.15) is 17.5 Å². The van der Waals surface area contributed by atoms with Crippen molar-refractivity contribution in [2.24, 2.45) is 0 Å². The van der Waals surface area contributed by atoms with E-state index in [4.69, 9.17) is 4.74 Å². The van der Waals surface area contributed by atoms with Gasteiger partial charge in [-0.25, -0.2) is 4.79 Å². The Balaban J connectivity index is 1.47. The number of nitriles is 1. The monoisotopic (exact) mass is 353 g/mol. The Morgan fingerprint density at radius 3 is 3.12 bits per heavy atom. The second kappa shape index (κ2) is 6.98. The van der Waals surface area contributed by atoms with Gasteiger partial charge < -0.3 is 19.4 Å². The van der Waals surface area contributed by atoms with Crippen LogP contribution < -0.4 is 5.32 Å². The maximum Gasteiger partial charge on any atom is 0.318 e. The SMILES string of the molecule is COCCN1C(=O)N[C@@H]2CN(Cc3cn4ccccc4c3C#N)CC[C@@H]21. The molecule has 2 aromatic heterocycles. The number of hydrogen-bond acceptors (Lipinski definition) is 4. The van der Waals surface area contributed by atoms with Crippen LogP contribution in [0.5, 0.6) is 0 Å². The van der Waals surface area contributed by atoms with Gasteiger partial charge >= 0.3 is 6.03 Å². The molecule has 26 heavy (non-hydrogen) atoms. The highest BCUT2D eigenvalue weighted by Gasteiger charge is 2.42. The van der Waals surface area contributed by atoms with Crippen LogP contribution in [0.25, 0.3) is 5.52 Å². The molecule has 4 rings (SSSR count). The minimum Gasteiger partial charge on any atom is -0.383 e. The number of carbonyl (C=O) groups excluding carboxylic acids is 1. The predicted molar refractivity (Wildman–Crippen MR) is 96.7 cm³/mol. The summed E-state index contributed by atoms with van der Waals surface area (Å²) in [6.45, 7) is 3.63. The largest absolute Gasteiger partial charge is 0.383 e. The second-order valence-electron chi connectivity index (χ2n) is 6.97. The molecule has 2 saturated heterocycles. The van der Waals surface area contributed by atoms with E-state index in [1.54, 1.807) is 7.11 Å². The number of ether oxygens (including phenoxy) is 1. The van der Waals surface area contributed by atoms with Crippen LogP contribution in [0.3, 0.4) is 0 Å². The van der Waals surface area contributed by atoms with Crippen molar-refractivity contribution in [1.82, 2.24) is 19.5 Å². The van der Waals surface area contributed by atoms with Gasteiger partial charge in [0, 0.05) is 51.2 Å². The average molecular weight is 353 g/mol. The third kappa shape index (κ3) is 2.91. The Morgan fingerprint density at radius 2 is 2.31 bits per heavy atom. The summed E-state index contributed by atoms with van der Waals surface area (Å²) in [4.78, 5) is 16.5. The van der Waals surface area contributed by atoms with Crippen molar-refractivity contribution >= 4 is 11.5 Å². The first kappa shape index (κ1) is 16.9. The van der Waals surface area contributed by atoms with Gasteiger partial charge in [-0.15, -0.1) is 0 Å².